The Kier molecular flexibility index (Phi) is 15.5. The number of rotatable bonds is 17. The van der Waals surface area contributed by atoms with Gasteiger partial charge in [-0.3, -0.25) is 0 Å². The Morgan fingerprint density at radius 2 is 1.21 bits per heavy atom. The molecule has 0 saturated heterocycles. The summed E-state index contributed by atoms with van der Waals surface area (Å²) in [5.41, 5.74) is 0. The van der Waals surface area contributed by atoms with Gasteiger partial charge < -0.3 is 9.47 Å². The summed E-state index contributed by atoms with van der Waals surface area (Å²) in [5.74, 6) is 4.01. The second-order valence-electron chi connectivity index (χ2n) is 7.39. The SMILES string of the molecule is C=CC(=O)OCCCC1=C(C)SC(CSCCSCC2SC(C)=C(CCCOC(=O)C=C)S2)S1. The molecule has 2 atom stereocenters. The van der Waals surface area contributed by atoms with Crippen LogP contribution in [0, 0.1) is 0 Å². The number of hydrogen-bond acceptors (Lipinski definition) is 10. The van der Waals surface area contributed by atoms with Crippen LogP contribution in [0.5, 0.6) is 0 Å². The number of allylic oxidation sites excluding steroid dienone is 4. The van der Waals surface area contributed by atoms with Crippen molar-refractivity contribution in [1.82, 2.24) is 0 Å². The lowest BCUT2D eigenvalue weighted by atomic mass is 10.3. The zero-order chi connectivity index (χ0) is 24.8. The molecule has 2 heterocycles. The molecule has 0 aromatic heterocycles. The van der Waals surface area contributed by atoms with Crippen LogP contribution in [0.1, 0.15) is 39.5 Å². The molecule has 2 aliphatic rings. The van der Waals surface area contributed by atoms with Gasteiger partial charge in [-0.25, -0.2) is 9.59 Å². The zero-order valence-corrected chi connectivity index (χ0v) is 24.8. The van der Waals surface area contributed by atoms with Crippen LogP contribution >= 0.6 is 70.6 Å². The third kappa shape index (κ3) is 11.8. The highest BCUT2D eigenvalue weighted by molar-refractivity contribution is 8.25. The lowest BCUT2D eigenvalue weighted by Crippen LogP contribution is -2.02. The van der Waals surface area contributed by atoms with Crippen LogP contribution in [-0.2, 0) is 19.1 Å². The average Bonchev–Trinajstić information content (AvgIpc) is 3.37. The first-order valence-corrected chi connectivity index (χ1v) is 17.1. The van der Waals surface area contributed by atoms with Crippen molar-refractivity contribution in [2.45, 2.75) is 48.7 Å². The minimum atomic E-state index is -0.341. The minimum Gasteiger partial charge on any atom is -0.463 e. The summed E-state index contributed by atoms with van der Waals surface area (Å²) < 4.78 is 11.3. The Morgan fingerprint density at radius 1 is 0.794 bits per heavy atom. The van der Waals surface area contributed by atoms with Crippen molar-refractivity contribution in [3.05, 3.63) is 44.9 Å². The molecule has 0 spiro atoms. The summed E-state index contributed by atoms with van der Waals surface area (Å²) in [6.07, 6.45) is 6.13. The van der Waals surface area contributed by atoms with Crippen LogP contribution in [0.4, 0.5) is 0 Å². The number of carbonyl (C=O) groups excluding carboxylic acids is 2. The molecule has 0 aromatic rings. The molecule has 2 rings (SSSR count). The van der Waals surface area contributed by atoms with Crippen LogP contribution in [-0.4, -0.2) is 57.3 Å². The van der Waals surface area contributed by atoms with Crippen molar-refractivity contribution < 1.29 is 19.1 Å². The van der Waals surface area contributed by atoms with E-state index in [2.05, 4.69) is 27.0 Å². The highest BCUT2D eigenvalue weighted by Gasteiger charge is 2.24. The van der Waals surface area contributed by atoms with Crippen LogP contribution in [0.25, 0.3) is 0 Å². The smallest absolute Gasteiger partial charge is 0.330 e. The normalized spacial score (nSPS) is 20.1. The lowest BCUT2D eigenvalue weighted by Gasteiger charge is -2.11. The van der Waals surface area contributed by atoms with E-state index in [0.29, 0.717) is 22.4 Å². The fraction of sp³-hybridized carbons (Fsp3) is 0.583. The molecule has 190 valence electrons. The molecule has 4 nitrogen and oxygen atoms in total. The highest BCUT2D eigenvalue weighted by atomic mass is 32.2. The molecule has 34 heavy (non-hydrogen) atoms. The molecule has 2 unspecified atom stereocenters. The molecule has 0 fully saturated rings. The topological polar surface area (TPSA) is 52.6 Å². The van der Waals surface area contributed by atoms with Crippen molar-refractivity contribution in [3.63, 3.8) is 0 Å². The Bertz CT molecular complexity index is 715. The maximum atomic E-state index is 11.1. The molecule has 0 radical (unpaired) electrons. The van der Waals surface area contributed by atoms with Crippen LogP contribution in [0.2, 0.25) is 0 Å². The third-order valence-corrected chi connectivity index (χ3v) is 13.9. The molecular formula is C24H34O4S6. The van der Waals surface area contributed by atoms with Crippen molar-refractivity contribution in [2.75, 3.05) is 36.2 Å². The molecule has 0 aromatic carbocycles. The van der Waals surface area contributed by atoms with Gasteiger partial charge in [-0.1, -0.05) is 13.2 Å². The van der Waals surface area contributed by atoms with Gasteiger partial charge in [-0.15, -0.1) is 47.0 Å². The number of esters is 2. The van der Waals surface area contributed by atoms with E-state index in [9.17, 15) is 9.59 Å². The number of carbonyl (C=O) groups is 2. The maximum absolute atomic E-state index is 11.1. The molecular weight excluding hydrogens is 545 g/mol. The molecule has 0 aliphatic carbocycles. The van der Waals surface area contributed by atoms with E-state index < -0.39 is 0 Å². The summed E-state index contributed by atoms with van der Waals surface area (Å²) in [4.78, 5) is 28.0. The Morgan fingerprint density at radius 3 is 1.59 bits per heavy atom. The van der Waals surface area contributed by atoms with Gasteiger partial charge in [-0.2, -0.15) is 23.5 Å². The minimum absolute atomic E-state index is 0.341. The fourth-order valence-electron chi connectivity index (χ4n) is 3.07. The number of thioether (sulfide) groups is 6. The van der Waals surface area contributed by atoms with Crippen LogP contribution < -0.4 is 0 Å². The summed E-state index contributed by atoms with van der Waals surface area (Å²) in [6, 6.07) is 0. The van der Waals surface area contributed by atoms with E-state index in [1.165, 1.54) is 43.3 Å². The largest absolute Gasteiger partial charge is 0.463 e. The third-order valence-electron chi connectivity index (χ3n) is 4.75. The van der Waals surface area contributed by atoms with Gasteiger partial charge >= 0.3 is 11.9 Å². The van der Waals surface area contributed by atoms with E-state index in [1.807, 2.05) is 70.6 Å². The van der Waals surface area contributed by atoms with Crippen molar-refractivity contribution in [1.29, 1.82) is 0 Å². The predicted octanol–water partition coefficient (Wildman–Crippen LogP) is 7.55. The molecule has 2 aliphatic heterocycles. The van der Waals surface area contributed by atoms with Crippen molar-refractivity contribution in [3.8, 4) is 0 Å². The fourth-order valence-corrected chi connectivity index (χ4v) is 12.2. The average molecular weight is 579 g/mol. The molecule has 10 heteroatoms. The quantitative estimate of drug-likeness (QED) is 0.0982. The second kappa shape index (κ2) is 17.5. The summed E-state index contributed by atoms with van der Waals surface area (Å²) >= 11 is 12.0. The van der Waals surface area contributed by atoms with Gasteiger partial charge in [0.1, 0.15) is 0 Å². The highest BCUT2D eigenvalue weighted by Crippen LogP contribution is 2.49. The summed E-state index contributed by atoms with van der Waals surface area (Å²) in [6.45, 7) is 12.2. The van der Waals surface area contributed by atoms with Crippen LogP contribution in [0.3, 0.4) is 0 Å². The molecule has 0 N–H and O–H groups in total. The van der Waals surface area contributed by atoms with Crippen LogP contribution in [0.15, 0.2) is 44.9 Å². The standard InChI is InChI=1S/C24H34O4S6/c1-5-21(25)27-11-7-9-19-17(3)31-23(33-19)15-29-13-14-30-16-24-32-18(4)20(34-24)10-8-12-28-22(26)6-2/h5-6,23-24H,1-2,7-16H2,3-4H3. The lowest BCUT2D eigenvalue weighted by molar-refractivity contribution is -0.138. The Labute approximate surface area is 230 Å². The van der Waals surface area contributed by atoms with Gasteiger partial charge in [0.25, 0.3) is 0 Å². The predicted molar refractivity (Wildman–Crippen MR) is 159 cm³/mol. The van der Waals surface area contributed by atoms with Gasteiger partial charge in [-0.05, 0) is 59.2 Å². The molecule has 0 amide bonds. The Hall–Kier alpha value is -0.000000000000000222. The summed E-state index contributed by atoms with van der Waals surface area (Å²) in [7, 11) is 0. The monoisotopic (exact) mass is 578 g/mol. The van der Waals surface area contributed by atoms with Gasteiger partial charge in [0.15, 0.2) is 0 Å². The summed E-state index contributed by atoms with van der Waals surface area (Å²) in [5, 5.41) is 0. The molecule has 0 bridgehead atoms. The second-order valence-corrected chi connectivity index (χ2v) is 15.7. The van der Waals surface area contributed by atoms with E-state index in [4.69, 9.17) is 9.47 Å². The first kappa shape index (κ1) is 30.2. The van der Waals surface area contributed by atoms with Gasteiger partial charge in [0.05, 0.1) is 22.4 Å². The van der Waals surface area contributed by atoms with E-state index in [0.717, 1.165) is 37.2 Å². The number of hydrogen-bond donors (Lipinski definition) is 0. The van der Waals surface area contributed by atoms with E-state index in [1.54, 1.807) is 0 Å². The Balaban J connectivity index is 1.48. The number of ether oxygens (including phenoxy) is 2. The van der Waals surface area contributed by atoms with E-state index in [-0.39, 0.29) is 11.9 Å². The first-order valence-electron chi connectivity index (χ1n) is 11.2. The van der Waals surface area contributed by atoms with Crippen molar-refractivity contribution in [2.24, 2.45) is 0 Å². The first-order chi connectivity index (χ1) is 16.4. The van der Waals surface area contributed by atoms with Gasteiger partial charge in [0, 0.05) is 35.2 Å². The molecule has 0 saturated carbocycles. The zero-order valence-electron chi connectivity index (χ0n) is 19.9. The van der Waals surface area contributed by atoms with Gasteiger partial charge in [0.2, 0.25) is 0 Å². The maximum Gasteiger partial charge on any atom is 0.330 e. The van der Waals surface area contributed by atoms with E-state index >= 15 is 0 Å². The van der Waals surface area contributed by atoms with Crippen molar-refractivity contribution >= 4 is 82.5 Å².